The molecule has 0 unspecified atom stereocenters. The Morgan fingerprint density at radius 2 is 1.69 bits per heavy atom. The standard InChI is InChI=1S/C24H24O5/c1-14-6-8-19(22-18(14)10-11-28-22)20(25)9-7-17-12-15(2)21(16(3)13-17)29-24(4,5)23(26)27/h6-13H,1-5H3,(H,26,27)/b9-7+. The number of fused-ring (bicyclic) bond motifs is 1. The first-order valence-electron chi connectivity index (χ1n) is 9.33. The zero-order valence-corrected chi connectivity index (χ0v) is 17.2. The fourth-order valence-corrected chi connectivity index (χ4v) is 3.20. The number of allylic oxidation sites excluding steroid dienone is 1. The van der Waals surface area contributed by atoms with Crippen molar-refractivity contribution in [3.8, 4) is 5.75 Å². The number of ether oxygens (including phenoxy) is 1. The lowest BCUT2D eigenvalue weighted by atomic mass is 10.0. The van der Waals surface area contributed by atoms with Crippen LogP contribution < -0.4 is 4.74 Å². The van der Waals surface area contributed by atoms with E-state index in [2.05, 4.69) is 0 Å². The Bertz CT molecular complexity index is 1110. The summed E-state index contributed by atoms with van der Waals surface area (Å²) in [6.07, 6.45) is 4.84. The summed E-state index contributed by atoms with van der Waals surface area (Å²) in [4.78, 5) is 24.0. The molecule has 0 bridgehead atoms. The molecule has 0 aliphatic carbocycles. The van der Waals surface area contributed by atoms with Crippen LogP contribution in [-0.4, -0.2) is 22.5 Å². The molecule has 0 saturated carbocycles. The molecule has 150 valence electrons. The highest BCUT2D eigenvalue weighted by Gasteiger charge is 2.30. The van der Waals surface area contributed by atoms with E-state index in [0.717, 1.165) is 27.6 Å². The normalized spacial score (nSPS) is 11.9. The Labute approximate surface area is 169 Å². The SMILES string of the molecule is Cc1cc(/C=C/C(=O)c2ccc(C)c3ccoc23)cc(C)c1OC(C)(C)C(=O)O. The minimum atomic E-state index is -1.33. The van der Waals surface area contributed by atoms with E-state index < -0.39 is 11.6 Å². The average Bonchev–Trinajstić information content (AvgIpc) is 3.13. The minimum absolute atomic E-state index is 0.146. The van der Waals surface area contributed by atoms with Gasteiger partial charge in [0.05, 0.1) is 11.8 Å². The van der Waals surface area contributed by atoms with E-state index >= 15 is 0 Å². The van der Waals surface area contributed by atoms with Gasteiger partial charge in [0, 0.05) is 5.39 Å². The van der Waals surface area contributed by atoms with Crippen LogP contribution in [0.4, 0.5) is 0 Å². The number of benzene rings is 2. The van der Waals surface area contributed by atoms with Crippen molar-refractivity contribution in [2.45, 2.75) is 40.2 Å². The Kier molecular flexibility index (Phi) is 5.33. The Morgan fingerprint density at radius 1 is 1.03 bits per heavy atom. The maximum atomic E-state index is 12.7. The van der Waals surface area contributed by atoms with Crippen LogP contribution >= 0.6 is 0 Å². The molecular formula is C24H24O5. The molecule has 5 heteroatoms. The zero-order valence-electron chi connectivity index (χ0n) is 17.2. The molecular weight excluding hydrogens is 368 g/mol. The van der Waals surface area contributed by atoms with E-state index in [1.807, 2.05) is 45.0 Å². The van der Waals surface area contributed by atoms with E-state index in [4.69, 9.17) is 9.15 Å². The molecule has 5 nitrogen and oxygen atoms in total. The van der Waals surface area contributed by atoms with Crippen molar-refractivity contribution in [3.05, 3.63) is 70.5 Å². The number of hydrogen-bond acceptors (Lipinski definition) is 4. The van der Waals surface area contributed by atoms with Crippen molar-refractivity contribution < 1.29 is 23.8 Å². The number of hydrogen-bond donors (Lipinski definition) is 1. The molecule has 1 heterocycles. The first kappa shape index (κ1) is 20.4. The molecule has 0 atom stereocenters. The molecule has 1 N–H and O–H groups in total. The predicted octanol–water partition coefficient (Wildman–Crippen LogP) is 5.50. The van der Waals surface area contributed by atoms with Crippen molar-refractivity contribution in [1.29, 1.82) is 0 Å². The van der Waals surface area contributed by atoms with Gasteiger partial charge in [-0.15, -0.1) is 0 Å². The Balaban J connectivity index is 1.87. The number of carboxylic acids is 1. The van der Waals surface area contributed by atoms with Gasteiger partial charge in [-0.2, -0.15) is 0 Å². The lowest BCUT2D eigenvalue weighted by Crippen LogP contribution is -2.38. The van der Waals surface area contributed by atoms with E-state index in [-0.39, 0.29) is 5.78 Å². The van der Waals surface area contributed by atoms with Gasteiger partial charge in [-0.25, -0.2) is 4.79 Å². The second-order valence-electron chi connectivity index (χ2n) is 7.69. The summed E-state index contributed by atoms with van der Waals surface area (Å²) in [5.74, 6) is -0.641. The van der Waals surface area contributed by atoms with Gasteiger partial charge >= 0.3 is 5.97 Å². The van der Waals surface area contributed by atoms with Gasteiger partial charge in [-0.1, -0.05) is 12.1 Å². The number of furan rings is 1. The van der Waals surface area contributed by atoms with Gasteiger partial charge in [-0.3, -0.25) is 4.79 Å². The molecule has 0 radical (unpaired) electrons. The lowest BCUT2D eigenvalue weighted by molar-refractivity contribution is -0.152. The predicted molar refractivity (Wildman–Crippen MR) is 113 cm³/mol. The minimum Gasteiger partial charge on any atom is -0.478 e. The highest BCUT2D eigenvalue weighted by Crippen LogP contribution is 2.29. The van der Waals surface area contributed by atoms with E-state index in [1.165, 1.54) is 19.9 Å². The lowest BCUT2D eigenvalue weighted by Gasteiger charge is -2.24. The smallest absolute Gasteiger partial charge is 0.347 e. The molecule has 0 fully saturated rings. The third-order valence-corrected chi connectivity index (χ3v) is 4.88. The van der Waals surface area contributed by atoms with Crippen LogP contribution in [0.1, 0.15) is 46.5 Å². The van der Waals surface area contributed by atoms with Gasteiger partial charge in [0.15, 0.2) is 11.4 Å². The fraction of sp³-hybridized carbons (Fsp3) is 0.250. The topological polar surface area (TPSA) is 76.7 Å². The number of rotatable bonds is 6. The molecule has 0 aliphatic rings. The number of aryl methyl sites for hydroxylation is 3. The van der Waals surface area contributed by atoms with Gasteiger partial charge in [0.1, 0.15) is 11.3 Å². The van der Waals surface area contributed by atoms with Gasteiger partial charge < -0.3 is 14.3 Å². The van der Waals surface area contributed by atoms with Crippen molar-refractivity contribution in [1.82, 2.24) is 0 Å². The summed E-state index contributed by atoms with van der Waals surface area (Å²) in [5, 5.41) is 10.2. The van der Waals surface area contributed by atoms with E-state index in [9.17, 15) is 14.7 Å². The van der Waals surface area contributed by atoms with Crippen molar-refractivity contribution >= 4 is 28.8 Å². The van der Waals surface area contributed by atoms with Crippen LogP contribution in [0.2, 0.25) is 0 Å². The van der Waals surface area contributed by atoms with Crippen LogP contribution in [0.5, 0.6) is 5.75 Å². The molecule has 3 aromatic rings. The van der Waals surface area contributed by atoms with Gasteiger partial charge in [0.25, 0.3) is 0 Å². The fourth-order valence-electron chi connectivity index (χ4n) is 3.20. The van der Waals surface area contributed by atoms with Crippen LogP contribution in [0.25, 0.3) is 17.0 Å². The van der Waals surface area contributed by atoms with Crippen molar-refractivity contribution in [3.63, 3.8) is 0 Å². The summed E-state index contributed by atoms with van der Waals surface area (Å²) in [6.45, 7) is 8.70. The van der Waals surface area contributed by atoms with E-state index in [1.54, 1.807) is 18.4 Å². The summed E-state index contributed by atoms with van der Waals surface area (Å²) >= 11 is 0. The highest BCUT2D eigenvalue weighted by molar-refractivity contribution is 6.13. The molecule has 0 saturated heterocycles. The van der Waals surface area contributed by atoms with Crippen molar-refractivity contribution in [2.75, 3.05) is 0 Å². The molecule has 0 amide bonds. The number of carboxylic acid groups (broad SMARTS) is 1. The number of ketones is 1. The molecule has 2 aromatic carbocycles. The largest absolute Gasteiger partial charge is 0.478 e. The zero-order chi connectivity index (χ0) is 21.3. The Hall–Kier alpha value is -3.34. The monoisotopic (exact) mass is 392 g/mol. The maximum Gasteiger partial charge on any atom is 0.347 e. The van der Waals surface area contributed by atoms with Gasteiger partial charge in [0.2, 0.25) is 0 Å². The highest BCUT2D eigenvalue weighted by atomic mass is 16.5. The number of aliphatic carboxylic acids is 1. The molecule has 0 spiro atoms. The first-order chi connectivity index (χ1) is 13.6. The summed E-state index contributed by atoms with van der Waals surface area (Å²) in [7, 11) is 0. The summed E-state index contributed by atoms with van der Waals surface area (Å²) in [6, 6.07) is 9.26. The molecule has 0 aliphatic heterocycles. The summed E-state index contributed by atoms with van der Waals surface area (Å²) < 4.78 is 11.2. The van der Waals surface area contributed by atoms with E-state index in [0.29, 0.717) is 16.9 Å². The van der Waals surface area contributed by atoms with Crippen molar-refractivity contribution in [2.24, 2.45) is 0 Å². The molecule has 3 rings (SSSR count). The van der Waals surface area contributed by atoms with Crippen LogP contribution in [0.15, 0.2) is 47.1 Å². The number of carbonyl (C=O) groups is 2. The second-order valence-corrected chi connectivity index (χ2v) is 7.69. The maximum absolute atomic E-state index is 12.7. The Morgan fingerprint density at radius 3 is 2.31 bits per heavy atom. The third kappa shape index (κ3) is 4.09. The molecule has 1 aromatic heterocycles. The third-order valence-electron chi connectivity index (χ3n) is 4.88. The number of carbonyl (C=O) groups excluding carboxylic acids is 1. The van der Waals surface area contributed by atoms with Gasteiger partial charge in [-0.05, 0) is 87.2 Å². The van der Waals surface area contributed by atoms with Crippen LogP contribution in [0, 0.1) is 20.8 Å². The first-order valence-corrected chi connectivity index (χ1v) is 9.33. The van der Waals surface area contributed by atoms with Crippen LogP contribution in [-0.2, 0) is 4.79 Å². The van der Waals surface area contributed by atoms with Crippen LogP contribution in [0.3, 0.4) is 0 Å². The molecule has 29 heavy (non-hydrogen) atoms. The quantitative estimate of drug-likeness (QED) is 0.443. The summed E-state index contributed by atoms with van der Waals surface area (Å²) in [5.41, 5.74) is 3.26. The second kappa shape index (κ2) is 7.59. The average molecular weight is 392 g/mol.